The van der Waals surface area contributed by atoms with Gasteiger partial charge in [-0.2, -0.15) is 0 Å². The number of hydrogen-bond donors (Lipinski definition) is 0. The van der Waals surface area contributed by atoms with Gasteiger partial charge in [0.15, 0.2) is 0 Å². The molecule has 4 heteroatoms. The molecule has 0 aliphatic carbocycles. The van der Waals surface area contributed by atoms with Gasteiger partial charge in [0, 0.05) is 13.0 Å². The molecule has 1 aliphatic heterocycles. The van der Waals surface area contributed by atoms with Gasteiger partial charge in [-0.3, -0.25) is 14.5 Å². The summed E-state index contributed by atoms with van der Waals surface area (Å²) in [6, 6.07) is 6.83. The molecule has 19 heavy (non-hydrogen) atoms. The fourth-order valence-corrected chi connectivity index (χ4v) is 2.32. The SMILES string of the molecule is CC(C)C(CC=O)CN1C(=O)c2ccccc2C1=O. The van der Waals surface area contributed by atoms with E-state index in [1.54, 1.807) is 24.3 Å². The van der Waals surface area contributed by atoms with Gasteiger partial charge in [-0.25, -0.2) is 0 Å². The Kier molecular flexibility index (Phi) is 3.79. The lowest BCUT2D eigenvalue weighted by molar-refractivity contribution is -0.109. The van der Waals surface area contributed by atoms with Crippen LogP contribution in [0.2, 0.25) is 0 Å². The Morgan fingerprint density at radius 2 is 1.63 bits per heavy atom. The molecule has 0 N–H and O–H groups in total. The first-order valence-corrected chi connectivity index (χ1v) is 6.45. The Balaban J connectivity index is 2.22. The standard InChI is InChI=1S/C15H17NO3/c1-10(2)11(7-8-17)9-16-14(18)12-5-3-4-6-13(12)15(16)19/h3-6,8,10-11H,7,9H2,1-2H3. The Morgan fingerprint density at radius 1 is 1.11 bits per heavy atom. The van der Waals surface area contributed by atoms with E-state index in [0.29, 0.717) is 24.1 Å². The van der Waals surface area contributed by atoms with Gasteiger partial charge in [-0.05, 0) is 24.0 Å². The quantitative estimate of drug-likeness (QED) is 0.601. The first kappa shape index (κ1) is 13.5. The molecule has 0 bridgehead atoms. The topological polar surface area (TPSA) is 54.5 Å². The normalized spacial score (nSPS) is 15.8. The maximum Gasteiger partial charge on any atom is 0.261 e. The number of carbonyl (C=O) groups excluding carboxylic acids is 3. The summed E-state index contributed by atoms with van der Waals surface area (Å²) >= 11 is 0. The van der Waals surface area contributed by atoms with Crippen molar-refractivity contribution < 1.29 is 14.4 Å². The van der Waals surface area contributed by atoms with E-state index >= 15 is 0 Å². The highest BCUT2D eigenvalue weighted by Crippen LogP contribution is 2.25. The summed E-state index contributed by atoms with van der Waals surface area (Å²) in [4.78, 5) is 36.3. The van der Waals surface area contributed by atoms with Gasteiger partial charge >= 0.3 is 0 Å². The molecule has 0 saturated heterocycles. The molecule has 0 saturated carbocycles. The molecule has 0 fully saturated rings. The monoisotopic (exact) mass is 259 g/mol. The minimum Gasteiger partial charge on any atom is -0.303 e. The molecule has 0 radical (unpaired) electrons. The molecule has 1 atom stereocenters. The summed E-state index contributed by atoms with van der Waals surface area (Å²) in [5.74, 6) is -0.247. The highest BCUT2D eigenvalue weighted by Gasteiger charge is 2.36. The van der Waals surface area contributed by atoms with Gasteiger partial charge in [-0.15, -0.1) is 0 Å². The number of amides is 2. The van der Waals surface area contributed by atoms with Gasteiger partial charge < -0.3 is 4.79 Å². The second-order valence-electron chi connectivity index (χ2n) is 5.17. The van der Waals surface area contributed by atoms with Crippen molar-refractivity contribution in [1.29, 1.82) is 0 Å². The summed E-state index contributed by atoms with van der Waals surface area (Å²) in [5.41, 5.74) is 0.919. The van der Waals surface area contributed by atoms with E-state index in [1.807, 2.05) is 13.8 Å². The van der Waals surface area contributed by atoms with E-state index < -0.39 is 0 Å². The molecular formula is C15H17NO3. The van der Waals surface area contributed by atoms with Crippen molar-refractivity contribution in [1.82, 2.24) is 4.90 Å². The first-order chi connectivity index (χ1) is 9.06. The summed E-state index contributed by atoms with van der Waals surface area (Å²) in [6.45, 7) is 4.29. The predicted octanol–water partition coefficient (Wildman–Crippen LogP) is 2.14. The van der Waals surface area contributed by atoms with Crippen molar-refractivity contribution in [2.24, 2.45) is 11.8 Å². The van der Waals surface area contributed by atoms with Crippen LogP contribution in [0.4, 0.5) is 0 Å². The Morgan fingerprint density at radius 3 is 2.05 bits per heavy atom. The average Bonchev–Trinajstić information content (AvgIpc) is 2.63. The summed E-state index contributed by atoms with van der Waals surface area (Å²) in [5, 5.41) is 0. The van der Waals surface area contributed by atoms with Crippen molar-refractivity contribution >= 4 is 18.1 Å². The molecule has 1 unspecified atom stereocenters. The van der Waals surface area contributed by atoms with Crippen molar-refractivity contribution in [3.05, 3.63) is 35.4 Å². The maximum absolute atomic E-state index is 12.2. The lowest BCUT2D eigenvalue weighted by Crippen LogP contribution is -2.36. The first-order valence-electron chi connectivity index (χ1n) is 6.45. The zero-order valence-electron chi connectivity index (χ0n) is 11.1. The number of aldehydes is 1. The maximum atomic E-state index is 12.2. The number of fused-ring (bicyclic) bond motifs is 1. The molecule has 1 aromatic rings. The smallest absolute Gasteiger partial charge is 0.261 e. The minimum atomic E-state index is -0.253. The lowest BCUT2D eigenvalue weighted by Gasteiger charge is -2.23. The molecule has 2 amide bonds. The molecule has 1 aromatic carbocycles. The van der Waals surface area contributed by atoms with Crippen LogP contribution < -0.4 is 0 Å². The van der Waals surface area contributed by atoms with Gasteiger partial charge in [-0.1, -0.05) is 26.0 Å². The Bertz CT molecular complexity index is 487. The third kappa shape index (κ3) is 2.43. The third-order valence-electron chi connectivity index (χ3n) is 3.64. The Hall–Kier alpha value is -1.97. The molecular weight excluding hydrogens is 242 g/mol. The molecule has 0 spiro atoms. The summed E-state index contributed by atoms with van der Waals surface area (Å²) in [7, 11) is 0. The highest BCUT2D eigenvalue weighted by atomic mass is 16.2. The number of hydrogen-bond acceptors (Lipinski definition) is 3. The van der Waals surface area contributed by atoms with Gasteiger partial charge in [0.05, 0.1) is 11.1 Å². The molecule has 1 heterocycles. The fraction of sp³-hybridized carbons (Fsp3) is 0.400. The van der Waals surface area contributed by atoms with Crippen LogP contribution >= 0.6 is 0 Å². The number of carbonyl (C=O) groups is 3. The molecule has 1 aliphatic rings. The van der Waals surface area contributed by atoms with Crippen LogP contribution in [0.3, 0.4) is 0 Å². The van der Waals surface area contributed by atoms with Crippen LogP contribution in [0.1, 0.15) is 41.0 Å². The molecule has 2 rings (SSSR count). The van der Waals surface area contributed by atoms with Crippen LogP contribution in [0.15, 0.2) is 24.3 Å². The van der Waals surface area contributed by atoms with E-state index in [0.717, 1.165) is 6.29 Å². The second-order valence-corrected chi connectivity index (χ2v) is 5.17. The zero-order valence-corrected chi connectivity index (χ0v) is 11.1. The predicted molar refractivity (Wildman–Crippen MR) is 70.8 cm³/mol. The highest BCUT2D eigenvalue weighted by molar-refractivity contribution is 6.21. The van der Waals surface area contributed by atoms with E-state index in [9.17, 15) is 14.4 Å². The summed E-state index contributed by atoms with van der Waals surface area (Å²) < 4.78 is 0. The van der Waals surface area contributed by atoms with Crippen LogP contribution in [-0.4, -0.2) is 29.5 Å². The van der Waals surface area contributed by atoms with Crippen LogP contribution in [0.25, 0.3) is 0 Å². The van der Waals surface area contributed by atoms with Gasteiger partial charge in [0.1, 0.15) is 6.29 Å². The third-order valence-corrected chi connectivity index (χ3v) is 3.64. The van der Waals surface area contributed by atoms with Gasteiger partial charge in [0.25, 0.3) is 11.8 Å². The van der Waals surface area contributed by atoms with Crippen molar-refractivity contribution in [2.45, 2.75) is 20.3 Å². The van der Waals surface area contributed by atoms with E-state index in [2.05, 4.69) is 0 Å². The largest absolute Gasteiger partial charge is 0.303 e. The number of rotatable bonds is 5. The summed E-state index contributed by atoms with van der Waals surface area (Å²) in [6.07, 6.45) is 1.22. The van der Waals surface area contributed by atoms with Crippen LogP contribution in [0.5, 0.6) is 0 Å². The van der Waals surface area contributed by atoms with Crippen LogP contribution in [-0.2, 0) is 4.79 Å². The van der Waals surface area contributed by atoms with Gasteiger partial charge in [0.2, 0.25) is 0 Å². The lowest BCUT2D eigenvalue weighted by atomic mass is 9.92. The average molecular weight is 259 g/mol. The number of nitrogens with zero attached hydrogens (tertiary/aromatic N) is 1. The second kappa shape index (κ2) is 5.34. The molecule has 100 valence electrons. The van der Waals surface area contributed by atoms with Crippen LogP contribution in [0, 0.1) is 11.8 Å². The van der Waals surface area contributed by atoms with Crippen molar-refractivity contribution in [2.75, 3.05) is 6.54 Å². The van der Waals surface area contributed by atoms with E-state index in [4.69, 9.17) is 0 Å². The molecule has 0 aromatic heterocycles. The fourth-order valence-electron chi connectivity index (χ4n) is 2.32. The molecule has 4 nitrogen and oxygen atoms in total. The van der Waals surface area contributed by atoms with Crippen molar-refractivity contribution in [3.63, 3.8) is 0 Å². The number of imide groups is 1. The number of benzene rings is 1. The van der Waals surface area contributed by atoms with E-state index in [1.165, 1.54) is 4.90 Å². The zero-order chi connectivity index (χ0) is 14.0. The minimum absolute atomic E-state index is 0.0136. The van der Waals surface area contributed by atoms with E-state index in [-0.39, 0.29) is 23.7 Å². The van der Waals surface area contributed by atoms with Crippen molar-refractivity contribution in [3.8, 4) is 0 Å². The Labute approximate surface area is 112 Å².